The summed E-state index contributed by atoms with van der Waals surface area (Å²) in [6.07, 6.45) is 1.62. The molecule has 76 valence electrons. The van der Waals surface area contributed by atoms with Crippen molar-refractivity contribution in [3.8, 4) is 0 Å². The Labute approximate surface area is 80.6 Å². The van der Waals surface area contributed by atoms with E-state index < -0.39 is 0 Å². The van der Waals surface area contributed by atoms with Crippen LogP contribution >= 0.6 is 0 Å². The Morgan fingerprint density at radius 2 is 2.08 bits per heavy atom. The first kappa shape index (κ1) is 9.44. The van der Waals surface area contributed by atoms with Gasteiger partial charge < -0.3 is 4.74 Å². The van der Waals surface area contributed by atoms with Crippen LogP contribution in [0, 0.1) is 0 Å². The van der Waals surface area contributed by atoms with Crippen molar-refractivity contribution in [3.63, 3.8) is 0 Å². The third kappa shape index (κ3) is 1.73. The molecule has 0 aromatic rings. The van der Waals surface area contributed by atoms with E-state index in [-0.39, 0.29) is 0 Å². The fourth-order valence-electron chi connectivity index (χ4n) is 2.51. The molecule has 3 rings (SSSR count). The Morgan fingerprint density at radius 3 is 2.69 bits per heavy atom. The number of nitrogens with zero attached hydrogens (tertiary/aromatic N) is 2. The van der Waals surface area contributed by atoms with E-state index in [1.807, 2.05) is 0 Å². The van der Waals surface area contributed by atoms with Crippen molar-refractivity contribution in [2.75, 3.05) is 32.8 Å². The van der Waals surface area contributed by atoms with E-state index in [1.165, 1.54) is 26.1 Å². The summed E-state index contributed by atoms with van der Waals surface area (Å²) in [5, 5.41) is 0. The van der Waals surface area contributed by atoms with E-state index in [2.05, 4.69) is 23.6 Å². The Kier molecular flexibility index (Phi) is 2.86. The van der Waals surface area contributed by atoms with E-state index in [4.69, 9.17) is 4.74 Å². The zero-order valence-electron chi connectivity index (χ0n) is 8.70. The summed E-state index contributed by atoms with van der Waals surface area (Å²) in [5.41, 5.74) is 0. The Bertz CT molecular complexity index is 174. The topological polar surface area (TPSA) is 15.7 Å². The van der Waals surface area contributed by atoms with E-state index in [0.29, 0.717) is 6.23 Å². The van der Waals surface area contributed by atoms with Crippen molar-refractivity contribution in [2.45, 2.75) is 32.5 Å². The molecule has 3 aliphatic heterocycles. The van der Waals surface area contributed by atoms with Gasteiger partial charge in [-0.25, -0.2) is 0 Å². The molecule has 3 nitrogen and oxygen atoms in total. The fourth-order valence-corrected chi connectivity index (χ4v) is 2.51. The maximum atomic E-state index is 5.73. The van der Waals surface area contributed by atoms with Gasteiger partial charge in [-0.3, -0.25) is 9.80 Å². The lowest BCUT2D eigenvalue weighted by Gasteiger charge is -2.51. The van der Waals surface area contributed by atoms with Crippen molar-refractivity contribution in [1.29, 1.82) is 0 Å². The second kappa shape index (κ2) is 3.95. The molecule has 3 saturated heterocycles. The van der Waals surface area contributed by atoms with Crippen LogP contribution in [0.1, 0.15) is 20.3 Å². The predicted molar refractivity (Wildman–Crippen MR) is 52.6 cm³/mol. The summed E-state index contributed by atoms with van der Waals surface area (Å²) in [4.78, 5) is 5.08. The second-order valence-corrected chi connectivity index (χ2v) is 3.97. The summed E-state index contributed by atoms with van der Waals surface area (Å²) in [6, 6.07) is 0.735. The molecule has 0 aliphatic carbocycles. The number of hydrogen-bond donors (Lipinski definition) is 0. The molecule has 0 saturated carbocycles. The molecular weight excluding hydrogens is 164 g/mol. The largest absolute Gasteiger partial charge is 0.362 e. The molecule has 3 heteroatoms. The Balaban J connectivity index is 1.99. The van der Waals surface area contributed by atoms with E-state index >= 15 is 0 Å². The van der Waals surface area contributed by atoms with Gasteiger partial charge >= 0.3 is 0 Å². The zero-order valence-corrected chi connectivity index (χ0v) is 8.70. The van der Waals surface area contributed by atoms with Gasteiger partial charge in [-0.05, 0) is 13.3 Å². The van der Waals surface area contributed by atoms with E-state index in [0.717, 1.165) is 19.2 Å². The summed E-state index contributed by atoms with van der Waals surface area (Å²) in [6.45, 7) is 9.99. The lowest BCUT2D eigenvalue weighted by atomic mass is 10.0. The summed E-state index contributed by atoms with van der Waals surface area (Å²) in [5.74, 6) is 0. The Morgan fingerprint density at radius 1 is 1.23 bits per heavy atom. The highest BCUT2D eigenvalue weighted by atomic mass is 16.5. The SMILES string of the molecule is CCOC1CN2CCN1C(CC)C2. The average Bonchev–Trinajstić information content (AvgIpc) is 2.19. The first-order valence-electron chi connectivity index (χ1n) is 5.44. The molecule has 3 heterocycles. The fraction of sp³-hybridized carbons (Fsp3) is 1.00. The van der Waals surface area contributed by atoms with Gasteiger partial charge in [0.15, 0.2) is 0 Å². The Hall–Kier alpha value is -0.120. The molecule has 0 spiro atoms. The first-order chi connectivity index (χ1) is 6.35. The number of rotatable bonds is 3. The number of hydrogen-bond acceptors (Lipinski definition) is 3. The van der Waals surface area contributed by atoms with Crippen LogP contribution in [-0.2, 0) is 4.74 Å². The highest BCUT2D eigenvalue weighted by molar-refractivity contribution is 4.90. The van der Waals surface area contributed by atoms with Gasteiger partial charge in [0.25, 0.3) is 0 Å². The maximum absolute atomic E-state index is 5.73. The molecular formula is C10H20N2O. The summed E-state index contributed by atoms with van der Waals surface area (Å²) < 4.78 is 5.73. The second-order valence-electron chi connectivity index (χ2n) is 3.97. The molecule has 0 amide bonds. The van der Waals surface area contributed by atoms with Gasteiger partial charge in [0.1, 0.15) is 6.23 Å². The normalized spacial score (nSPS) is 43.8. The zero-order chi connectivity index (χ0) is 9.26. The van der Waals surface area contributed by atoms with Crippen LogP contribution in [0.2, 0.25) is 0 Å². The van der Waals surface area contributed by atoms with Crippen molar-refractivity contribution >= 4 is 0 Å². The lowest BCUT2D eigenvalue weighted by Crippen LogP contribution is -2.66. The molecule has 13 heavy (non-hydrogen) atoms. The van der Waals surface area contributed by atoms with Crippen LogP contribution in [0.15, 0.2) is 0 Å². The highest BCUT2D eigenvalue weighted by Crippen LogP contribution is 2.23. The van der Waals surface area contributed by atoms with Gasteiger partial charge in [-0.2, -0.15) is 0 Å². The molecule has 3 fully saturated rings. The first-order valence-corrected chi connectivity index (χ1v) is 5.44. The predicted octanol–water partition coefficient (Wildman–Crippen LogP) is 0.759. The molecule has 0 radical (unpaired) electrons. The molecule has 0 aromatic carbocycles. The van der Waals surface area contributed by atoms with Crippen molar-refractivity contribution in [1.82, 2.24) is 9.80 Å². The molecule has 4 unspecified atom stereocenters. The minimum Gasteiger partial charge on any atom is -0.362 e. The van der Waals surface area contributed by atoms with Crippen LogP contribution in [0.5, 0.6) is 0 Å². The van der Waals surface area contributed by atoms with E-state index in [1.54, 1.807) is 0 Å². The van der Waals surface area contributed by atoms with Crippen LogP contribution < -0.4 is 0 Å². The highest BCUT2D eigenvalue weighted by Gasteiger charge is 2.37. The summed E-state index contributed by atoms with van der Waals surface area (Å²) in [7, 11) is 0. The minimum atomic E-state index is 0.373. The standard InChI is InChI=1S/C10H20N2O/c1-3-9-7-11-5-6-12(9)10(8-11)13-4-2/h9-10H,3-8H2,1-2H3. The van der Waals surface area contributed by atoms with Gasteiger partial charge in [0.2, 0.25) is 0 Å². The van der Waals surface area contributed by atoms with Gasteiger partial charge in [-0.1, -0.05) is 6.92 Å². The number of piperazine rings is 3. The van der Waals surface area contributed by atoms with Crippen molar-refractivity contribution in [3.05, 3.63) is 0 Å². The summed E-state index contributed by atoms with van der Waals surface area (Å²) >= 11 is 0. The van der Waals surface area contributed by atoms with Gasteiger partial charge in [0, 0.05) is 38.8 Å². The maximum Gasteiger partial charge on any atom is 0.123 e. The molecule has 0 aromatic heterocycles. The molecule has 2 bridgehead atoms. The number of fused-ring (bicyclic) bond motifs is 3. The van der Waals surface area contributed by atoms with Crippen LogP contribution in [0.25, 0.3) is 0 Å². The van der Waals surface area contributed by atoms with Gasteiger partial charge in [-0.15, -0.1) is 0 Å². The molecule has 0 N–H and O–H groups in total. The quantitative estimate of drug-likeness (QED) is 0.644. The average molecular weight is 184 g/mol. The molecule has 3 aliphatic rings. The van der Waals surface area contributed by atoms with Gasteiger partial charge in [0.05, 0.1) is 0 Å². The third-order valence-corrected chi connectivity index (χ3v) is 3.23. The third-order valence-electron chi connectivity index (χ3n) is 3.23. The lowest BCUT2D eigenvalue weighted by molar-refractivity contribution is -0.154. The van der Waals surface area contributed by atoms with Crippen molar-refractivity contribution in [2.24, 2.45) is 0 Å². The smallest absolute Gasteiger partial charge is 0.123 e. The van der Waals surface area contributed by atoms with Crippen LogP contribution in [0.4, 0.5) is 0 Å². The van der Waals surface area contributed by atoms with E-state index in [9.17, 15) is 0 Å². The van der Waals surface area contributed by atoms with Crippen LogP contribution in [-0.4, -0.2) is 54.9 Å². The van der Waals surface area contributed by atoms with Crippen molar-refractivity contribution < 1.29 is 4.74 Å². The van der Waals surface area contributed by atoms with Crippen LogP contribution in [0.3, 0.4) is 0 Å². The monoisotopic (exact) mass is 184 g/mol. The number of ether oxygens (including phenoxy) is 1. The minimum absolute atomic E-state index is 0.373. The molecule has 4 atom stereocenters.